The van der Waals surface area contributed by atoms with E-state index in [1.54, 1.807) is 0 Å². The summed E-state index contributed by atoms with van der Waals surface area (Å²) >= 11 is 0. The summed E-state index contributed by atoms with van der Waals surface area (Å²) in [5, 5.41) is 2.80. The largest absolute Gasteiger partial charge is 0.492 e. The average Bonchev–Trinajstić information content (AvgIpc) is 2.41. The highest BCUT2D eigenvalue weighted by Crippen LogP contribution is 2.24. The maximum Gasteiger partial charge on any atom is 0.220 e. The molecule has 0 heterocycles. The highest BCUT2D eigenvalue weighted by molar-refractivity contribution is 5.85. The smallest absolute Gasteiger partial charge is 0.220 e. The van der Waals surface area contributed by atoms with Crippen molar-refractivity contribution < 1.29 is 9.53 Å². The summed E-state index contributed by atoms with van der Waals surface area (Å²) in [5.74, 6) is 0.858. The van der Waals surface area contributed by atoms with Crippen molar-refractivity contribution in [2.24, 2.45) is 5.73 Å². The number of rotatable bonds is 7. The third-order valence-electron chi connectivity index (χ3n) is 3.02. The predicted octanol–water partition coefficient (Wildman–Crippen LogP) is 2.64. The Labute approximate surface area is 133 Å². The van der Waals surface area contributed by atoms with Gasteiger partial charge < -0.3 is 15.8 Å². The molecule has 0 bridgehead atoms. The minimum atomic E-state index is 0. The van der Waals surface area contributed by atoms with Crippen LogP contribution in [-0.4, -0.2) is 25.6 Å². The molecule has 5 heteroatoms. The van der Waals surface area contributed by atoms with Gasteiger partial charge in [0, 0.05) is 6.42 Å². The van der Waals surface area contributed by atoms with E-state index in [1.807, 2.05) is 12.1 Å². The fourth-order valence-electron chi connectivity index (χ4n) is 1.76. The Hall–Kier alpha value is -1.26. The van der Waals surface area contributed by atoms with Crippen LogP contribution in [0.5, 0.6) is 5.75 Å². The summed E-state index contributed by atoms with van der Waals surface area (Å²) in [5.41, 5.74) is 6.77. The first kappa shape index (κ1) is 19.7. The number of halogens is 1. The number of amides is 1. The molecule has 0 atom stereocenters. The van der Waals surface area contributed by atoms with Crippen molar-refractivity contribution in [2.45, 2.75) is 39.0 Å². The number of nitrogens with one attached hydrogen (secondary N) is 1. The van der Waals surface area contributed by atoms with Gasteiger partial charge in [0.05, 0.1) is 6.54 Å². The van der Waals surface area contributed by atoms with Crippen molar-refractivity contribution in [3.05, 3.63) is 29.8 Å². The minimum Gasteiger partial charge on any atom is -0.492 e. The molecule has 0 unspecified atom stereocenters. The number of carbonyl (C=O) groups is 1. The van der Waals surface area contributed by atoms with Gasteiger partial charge in [0.15, 0.2) is 0 Å². The van der Waals surface area contributed by atoms with Crippen molar-refractivity contribution in [3.8, 4) is 5.75 Å². The summed E-state index contributed by atoms with van der Waals surface area (Å²) in [6, 6.07) is 8.10. The Balaban J connectivity index is 0.00000400. The lowest BCUT2D eigenvalue weighted by Crippen LogP contribution is -2.28. The zero-order chi connectivity index (χ0) is 15.0. The van der Waals surface area contributed by atoms with Crippen molar-refractivity contribution >= 4 is 18.3 Å². The molecule has 0 saturated heterocycles. The Kier molecular flexibility index (Phi) is 9.06. The molecule has 1 rings (SSSR count). The van der Waals surface area contributed by atoms with Crippen LogP contribution in [0, 0.1) is 0 Å². The molecule has 1 aromatic rings. The molecule has 21 heavy (non-hydrogen) atoms. The first-order valence-corrected chi connectivity index (χ1v) is 7.13. The number of hydrogen-bond acceptors (Lipinski definition) is 3. The van der Waals surface area contributed by atoms with Gasteiger partial charge in [-0.2, -0.15) is 0 Å². The molecule has 0 radical (unpaired) electrons. The van der Waals surface area contributed by atoms with Gasteiger partial charge in [0.1, 0.15) is 12.4 Å². The molecule has 4 nitrogen and oxygen atoms in total. The number of nitrogens with two attached hydrogens (primary N) is 1. The van der Waals surface area contributed by atoms with E-state index in [9.17, 15) is 4.79 Å². The van der Waals surface area contributed by atoms with E-state index in [4.69, 9.17) is 10.5 Å². The van der Waals surface area contributed by atoms with Gasteiger partial charge in [-0.05, 0) is 36.1 Å². The Morgan fingerprint density at radius 1 is 1.24 bits per heavy atom. The van der Waals surface area contributed by atoms with E-state index in [0.29, 0.717) is 26.1 Å². The van der Waals surface area contributed by atoms with Crippen molar-refractivity contribution in [3.63, 3.8) is 0 Å². The second kappa shape index (κ2) is 9.64. The third-order valence-corrected chi connectivity index (χ3v) is 3.02. The molecule has 1 amide bonds. The van der Waals surface area contributed by atoms with Gasteiger partial charge in [0.25, 0.3) is 0 Å². The highest BCUT2D eigenvalue weighted by atomic mass is 35.5. The quantitative estimate of drug-likeness (QED) is 0.760. The Bertz CT molecular complexity index is 413. The van der Waals surface area contributed by atoms with E-state index in [0.717, 1.165) is 12.2 Å². The maximum atomic E-state index is 11.3. The molecule has 1 aromatic carbocycles. The topological polar surface area (TPSA) is 64.3 Å². The van der Waals surface area contributed by atoms with Crippen LogP contribution < -0.4 is 15.8 Å². The standard InChI is InChI=1S/C16H26N2O2.ClH/c1-16(2,3)13-6-8-14(9-7-13)20-12-11-18-15(19)5-4-10-17;/h6-9H,4-5,10-12,17H2,1-3H3,(H,18,19);1H. The Morgan fingerprint density at radius 2 is 1.86 bits per heavy atom. The van der Waals surface area contributed by atoms with E-state index in [2.05, 4.69) is 38.2 Å². The van der Waals surface area contributed by atoms with Crippen LogP contribution in [0.2, 0.25) is 0 Å². The maximum absolute atomic E-state index is 11.3. The van der Waals surface area contributed by atoms with Gasteiger partial charge in [-0.15, -0.1) is 12.4 Å². The van der Waals surface area contributed by atoms with Crippen molar-refractivity contribution in [1.29, 1.82) is 0 Å². The number of hydrogen-bond donors (Lipinski definition) is 2. The summed E-state index contributed by atoms with van der Waals surface area (Å²) in [7, 11) is 0. The number of ether oxygens (including phenoxy) is 1. The first-order chi connectivity index (χ1) is 9.43. The first-order valence-electron chi connectivity index (χ1n) is 7.13. The fourth-order valence-corrected chi connectivity index (χ4v) is 1.76. The van der Waals surface area contributed by atoms with E-state index < -0.39 is 0 Å². The van der Waals surface area contributed by atoms with Gasteiger partial charge >= 0.3 is 0 Å². The van der Waals surface area contributed by atoms with Gasteiger partial charge in [-0.1, -0.05) is 32.9 Å². The molecule has 0 aromatic heterocycles. The van der Waals surface area contributed by atoms with Crippen LogP contribution in [0.1, 0.15) is 39.2 Å². The summed E-state index contributed by atoms with van der Waals surface area (Å²) in [4.78, 5) is 11.3. The second-order valence-electron chi connectivity index (χ2n) is 5.87. The highest BCUT2D eigenvalue weighted by Gasteiger charge is 2.12. The molecular weight excluding hydrogens is 288 g/mol. The normalized spacial score (nSPS) is 10.7. The molecule has 0 spiro atoms. The van der Waals surface area contributed by atoms with Gasteiger partial charge in [-0.3, -0.25) is 4.79 Å². The molecule has 0 aliphatic heterocycles. The molecule has 0 aliphatic rings. The van der Waals surface area contributed by atoms with Crippen LogP contribution in [0.4, 0.5) is 0 Å². The van der Waals surface area contributed by atoms with Crippen LogP contribution in [0.25, 0.3) is 0 Å². The molecule has 120 valence electrons. The van der Waals surface area contributed by atoms with Crippen molar-refractivity contribution in [2.75, 3.05) is 19.7 Å². The summed E-state index contributed by atoms with van der Waals surface area (Å²) in [6.45, 7) is 8.08. The average molecular weight is 315 g/mol. The third kappa shape index (κ3) is 7.93. The number of benzene rings is 1. The second-order valence-corrected chi connectivity index (χ2v) is 5.87. The fraction of sp³-hybridized carbons (Fsp3) is 0.562. The van der Waals surface area contributed by atoms with E-state index >= 15 is 0 Å². The zero-order valence-corrected chi connectivity index (χ0v) is 14.0. The zero-order valence-electron chi connectivity index (χ0n) is 13.1. The lowest BCUT2D eigenvalue weighted by Gasteiger charge is -2.19. The van der Waals surface area contributed by atoms with Crippen LogP contribution >= 0.6 is 12.4 Å². The van der Waals surface area contributed by atoms with Crippen LogP contribution in [-0.2, 0) is 10.2 Å². The van der Waals surface area contributed by atoms with Crippen LogP contribution in [0.15, 0.2) is 24.3 Å². The lowest BCUT2D eigenvalue weighted by molar-refractivity contribution is -0.121. The molecule has 0 aliphatic carbocycles. The molecule has 0 saturated carbocycles. The summed E-state index contributed by atoms with van der Waals surface area (Å²) < 4.78 is 5.59. The monoisotopic (exact) mass is 314 g/mol. The lowest BCUT2D eigenvalue weighted by atomic mass is 9.87. The Morgan fingerprint density at radius 3 is 2.38 bits per heavy atom. The predicted molar refractivity (Wildman–Crippen MR) is 89.2 cm³/mol. The molecular formula is C16H27ClN2O2. The minimum absolute atomic E-state index is 0. The molecule has 0 fully saturated rings. The van der Waals surface area contributed by atoms with Crippen LogP contribution in [0.3, 0.4) is 0 Å². The van der Waals surface area contributed by atoms with E-state index in [1.165, 1.54) is 5.56 Å². The SMILES string of the molecule is CC(C)(C)c1ccc(OCCNC(=O)CCCN)cc1.Cl. The summed E-state index contributed by atoms with van der Waals surface area (Å²) in [6.07, 6.45) is 1.21. The number of carbonyl (C=O) groups excluding carboxylic acids is 1. The molecule has 3 N–H and O–H groups in total. The van der Waals surface area contributed by atoms with Crippen molar-refractivity contribution in [1.82, 2.24) is 5.32 Å². The van der Waals surface area contributed by atoms with Gasteiger partial charge in [-0.25, -0.2) is 0 Å². The van der Waals surface area contributed by atoms with Gasteiger partial charge in [0.2, 0.25) is 5.91 Å². The van der Waals surface area contributed by atoms with E-state index in [-0.39, 0.29) is 23.7 Å².